The third-order valence-electron chi connectivity index (χ3n) is 4.95. The normalized spacial score (nSPS) is 11.6. The Bertz CT molecular complexity index is 1330. The highest BCUT2D eigenvalue weighted by Crippen LogP contribution is 2.39. The van der Waals surface area contributed by atoms with Crippen LogP contribution in [0.1, 0.15) is 22.0 Å². The number of benzene rings is 3. The van der Waals surface area contributed by atoms with Gasteiger partial charge in [-0.1, -0.05) is 0 Å². The van der Waals surface area contributed by atoms with E-state index >= 15 is 0 Å². The van der Waals surface area contributed by atoms with Gasteiger partial charge in [0.1, 0.15) is 11.9 Å². The summed E-state index contributed by atoms with van der Waals surface area (Å²) in [6.07, 6.45) is 0. The maximum atomic E-state index is 13.1. The van der Waals surface area contributed by atoms with Gasteiger partial charge in [-0.3, -0.25) is 9.52 Å². The zero-order chi connectivity index (χ0) is 25.6. The minimum Gasteiger partial charge on any atom is -0.493 e. The van der Waals surface area contributed by atoms with Crippen LogP contribution in [0.15, 0.2) is 65.6 Å². The number of carbonyl (C=O) groups is 1. The molecule has 0 saturated carbocycles. The molecule has 3 rings (SSSR count). The number of hydrogen-bond acceptors (Lipinski definition) is 7. The van der Waals surface area contributed by atoms with Gasteiger partial charge in [0.25, 0.3) is 15.9 Å². The lowest BCUT2D eigenvalue weighted by atomic mass is 10.1. The van der Waals surface area contributed by atoms with Crippen LogP contribution in [-0.2, 0) is 10.0 Å². The van der Waals surface area contributed by atoms with E-state index in [2.05, 4.69) is 10.0 Å². The van der Waals surface area contributed by atoms with E-state index < -0.39 is 27.8 Å². The van der Waals surface area contributed by atoms with Crippen molar-refractivity contribution in [2.75, 3.05) is 26.1 Å². The van der Waals surface area contributed by atoms with Crippen LogP contribution in [-0.4, -0.2) is 35.7 Å². The van der Waals surface area contributed by atoms with Crippen molar-refractivity contribution in [1.29, 1.82) is 5.26 Å². The first-order chi connectivity index (χ1) is 16.7. The zero-order valence-corrected chi connectivity index (χ0v) is 19.9. The molecule has 1 unspecified atom stereocenters. The van der Waals surface area contributed by atoms with Gasteiger partial charge in [0, 0.05) is 11.3 Å². The van der Waals surface area contributed by atoms with Crippen molar-refractivity contribution in [2.24, 2.45) is 0 Å². The van der Waals surface area contributed by atoms with E-state index in [0.717, 1.165) is 24.3 Å². The zero-order valence-electron chi connectivity index (χ0n) is 19.0. The molecule has 9 nitrogen and oxygen atoms in total. The van der Waals surface area contributed by atoms with Crippen LogP contribution >= 0.6 is 0 Å². The monoisotopic (exact) mass is 499 g/mol. The Balaban J connectivity index is 1.76. The lowest BCUT2D eigenvalue weighted by Gasteiger charge is -2.17. The molecule has 182 valence electrons. The van der Waals surface area contributed by atoms with Crippen LogP contribution in [0.2, 0.25) is 0 Å². The second-order valence-electron chi connectivity index (χ2n) is 7.13. The molecule has 0 spiro atoms. The Hall–Kier alpha value is -4.30. The molecule has 0 saturated heterocycles. The van der Waals surface area contributed by atoms with Crippen LogP contribution in [0, 0.1) is 17.1 Å². The summed E-state index contributed by atoms with van der Waals surface area (Å²) in [5.41, 5.74) is 0.814. The van der Waals surface area contributed by atoms with Gasteiger partial charge in [0.2, 0.25) is 5.75 Å². The second-order valence-corrected chi connectivity index (χ2v) is 8.81. The van der Waals surface area contributed by atoms with Crippen LogP contribution < -0.4 is 24.2 Å². The summed E-state index contributed by atoms with van der Waals surface area (Å²) in [6.45, 7) is 0. The van der Waals surface area contributed by atoms with Gasteiger partial charge in [-0.05, 0) is 66.2 Å². The molecule has 0 aliphatic heterocycles. The van der Waals surface area contributed by atoms with E-state index in [-0.39, 0.29) is 16.1 Å². The third kappa shape index (κ3) is 5.80. The van der Waals surface area contributed by atoms with E-state index in [1.54, 1.807) is 12.1 Å². The van der Waals surface area contributed by atoms with Crippen LogP contribution in [0.25, 0.3) is 0 Å². The molecular weight excluding hydrogens is 477 g/mol. The number of methoxy groups -OCH3 is 3. The fraction of sp³-hybridized carbons (Fsp3) is 0.167. The molecule has 0 fully saturated rings. The Labute approximate surface area is 202 Å². The predicted octanol–water partition coefficient (Wildman–Crippen LogP) is 3.65. The molecule has 0 heterocycles. The van der Waals surface area contributed by atoms with E-state index in [1.807, 2.05) is 6.07 Å². The Morgan fingerprint density at radius 1 is 0.943 bits per heavy atom. The highest BCUT2D eigenvalue weighted by molar-refractivity contribution is 7.92. The number of halogens is 1. The molecular formula is C24H22FN3O6S. The smallest absolute Gasteiger partial charge is 0.261 e. The molecule has 2 N–H and O–H groups in total. The van der Waals surface area contributed by atoms with Crippen molar-refractivity contribution in [3.05, 3.63) is 77.6 Å². The summed E-state index contributed by atoms with van der Waals surface area (Å²) < 4.78 is 56.2. The number of nitrogens with one attached hydrogen (secondary N) is 2. The number of amides is 1. The summed E-state index contributed by atoms with van der Waals surface area (Å²) in [7, 11) is 0.391. The maximum absolute atomic E-state index is 13.1. The molecule has 1 amide bonds. The lowest BCUT2D eigenvalue weighted by molar-refractivity contribution is 0.0945. The van der Waals surface area contributed by atoms with Crippen LogP contribution in [0.3, 0.4) is 0 Å². The average Bonchev–Trinajstić information content (AvgIpc) is 2.86. The van der Waals surface area contributed by atoms with Gasteiger partial charge in [-0.25, -0.2) is 12.8 Å². The molecule has 0 aliphatic rings. The van der Waals surface area contributed by atoms with E-state index in [9.17, 15) is 22.9 Å². The van der Waals surface area contributed by atoms with Gasteiger partial charge in [0.15, 0.2) is 11.5 Å². The number of nitriles is 1. The summed E-state index contributed by atoms with van der Waals surface area (Å²) in [6, 6.07) is 14.1. The van der Waals surface area contributed by atoms with Crippen LogP contribution in [0.4, 0.5) is 10.1 Å². The van der Waals surface area contributed by atoms with Crippen molar-refractivity contribution in [2.45, 2.75) is 10.9 Å². The molecule has 3 aromatic carbocycles. The van der Waals surface area contributed by atoms with Crippen molar-refractivity contribution in [3.63, 3.8) is 0 Å². The molecule has 3 aromatic rings. The molecule has 1 atom stereocenters. The molecule has 0 aromatic heterocycles. The van der Waals surface area contributed by atoms with Crippen molar-refractivity contribution < 1.29 is 31.8 Å². The second kappa shape index (κ2) is 10.8. The number of carbonyl (C=O) groups excluding carboxylic acids is 1. The maximum Gasteiger partial charge on any atom is 0.261 e. The lowest BCUT2D eigenvalue weighted by Crippen LogP contribution is -2.27. The van der Waals surface area contributed by atoms with Gasteiger partial charge >= 0.3 is 0 Å². The number of ether oxygens (including phenoxy) is 3. The first-order valence-electron chi connectivity index (χ1n) is 10.1. The number of anilines is 1. The number of sulfonamides is 1. The fourth-order valence-corrected chi connectivity index (χ4v) is 4.25. The molecule has 35 heavy (non-hydrogen) atoms. The Morgan fingerprint density at radius 2 is 1.51 bits per heavy atom. The highest BCUT2D eigenvalue weighted by Gasteiger charge is 2.21. The summed E-state index contributed by atoms with van der Waals surface area (Å²) in [5.74, 6) is -0.108. The third-order valence-corrected chi connectivity index (χ3v) is 6.35. The summed E-state index contributed by atoms with van der Waals surface area (Å²) >= 11 is 0. The van der Waals surface area contributed by atoms with E-state index in [1.165, 1.54) is 45.6 Å². The first-order valence-corrected chi connectivity index (χ1v) is 11.6. The number of nitrogens with zero attached hydrogens (tertiary/aromatic N) is 1. The first kappa shape index (κ1) is 25.3. The van der Waals surface area contributed by atoms with E-state index in [4.69, 9.17) is 14.2 Å². The highest BCUT2D eigenvalue weighted by atomic mass is 32.2. The van der Waals surface area contributed by atoms with Gasteiger partial charge in [-0.15, -0.1) is 0 Å². The van der Waals surface area contributed by atoms with Crippen molar-refractivity contribution >= 4 is 21.6 Å². The van der Waals surface area contributed by atoms with Gasteiger partial charge in [0.05, 0.1) is 32.3 Å². The van der Waals surface area contributed by atoms with Gasteiger partial charge < -0.3 is 19.5 Å². The minimum atomic E-state index is -3.94. The predicted molar refractivity (Wildman–Crippen MR) is 126 cm³/mol. The number of hydrogen-bond donors (Lipinski definition) is 2. The van der Waals surface area contributed by atoms with Crippen LogP contribution in [0.5, 0.6) is 17.2 Å². The minimum absolute atomic E-state index is 0.108. The summed E-state index contributed by atoms with van der Waals surface area (Å²) in [4.78, 5) is 12.6. The molecule has 0 bridgehead atoms. The van der Waals surface area contributed by atoms with E-state index in [0.29, 0.717) is 22.8 Å². The quantitative estimate of drug-likeness (QED) is 0.460. The largest absolute Gasteiger partial charge is 0.493 e. The Kier molecular flexibility index (Phi) is 7.78. The Morgan fingerprint density at radius 3 is 2.00 bits per heavy atom. The molecule has 0 aliphatic carbocycles. The van der Waals surface area contributed by atoms with Crippen molar-refractivity contribution in [1.82, 2.24) is 5.32 Å². The molecule has 0 radical (unpaired) electrons. The summed E-state index contributed by atoms with van der Waals surface area (Å²) in [5, 5.41) is 12.3. The fourth-order valence-electron chi connectivity index (χ4n) is 3.19. The standard InChI is InChI=1S/C24H22FN3O6S/c1-32-21-12-16(13-22(33-2)23(21)34-3)20(14-26)27-24(29)15-4-8-18(9-5-15)28-35(30,31)19-10-6-17(25)7-11-19/h4-13,20,28H,1-3H3,(H,27,29). The van der Waals surface area contributed by atoms with Gasteiger partial charge in [-0.2, -0.15) is 5.26 Å². The molecule has 11 heteroatoms. The van der Waals surface area contributed by atoms with Crippen molar-refractivity contribution in [3.8, 4) is 23.3 Å². The number of rotatable bonds is 9. The average molecular weight is 500 g/mol. The SMILES string of the molecule is COc1cc(C(C#N)NC(=O)c2ccc(NS(=O)(=O)c3ccc(F)cc3)cc2)cc(OC)c1OC. The topological polar surface area (TPSA) is 127 Å².